The summed E-state index contributed by atoms with van der Waals surface area (Å²) >= 11 is 0. The van der Waals surface area contributed by atoms with Crippen LogP contribution < -0.4 is 5.32 Å². The molecule has 0 radical (unpaired) electrons. The van der Waals surface area contributed by atoms with E-state index in [0.717, 1.165) is 37.8 Å². The van der Waals surface area contributed by atoms with Gasteiger partial charge in [0, 0.05) is 26.5 Å². The molecular weight excluding hydrogens is 705 g/mol. The molecule has 1 heterocycles. The Balaban J connectivity index is 2.84. The smallest absolute Gasteiger partial charge is 0.382 e. The number of phosphoric ester groups is 1. The lowest BCUT2D eigenvalue weighted by molar-refractivity contribution is -0.260. The summed E-state index contributed by atoms with van der Waals surface area (Å²) in [6.45, 7) is 16.4. The van der Waals surface area contributed by atoms with E-state index >= 15 is 0 Å². The minimum Gasteiger partial charge on any atom is -0.382 e. The van der Waals surface area contributed by atoms with Gasteiger partial charge in [-0.25, -0.2) is 4.57 Å². The van der Waals surface area contributed by atoms with Crippen LogP contribution in [-0.2, 0) is 37.1 Å². The minimum absolute atomic E-state index is 0.0231. The molecular formula is C43H82NO9P. The SMILES string of the molecule is C=CCOP(=O)(OCC=C)OC1C(COC)OC(O)C(NC(=C)CCCCCCCCCCCCCCCCC)C1OCC[C@@H](CCCCCCC)OC. The first-order valence-corrected chi connectivity index (χ1v) is 22.9. The summed E-state index contributed by atoms with van der Waals surface area (Å²) in [5.41, 5.74) is 0.769. The molecule has 0 bridgehead atoms. The molecule has 0 spiro atoms. The maximum Gasteiger partial charge on any atom is 0.475 e. The van der Waals surface area contributed by atoms with Crippen LogP contribution in [0.15, 0.2) is 37.6 Å². The van der Waals surface area contributed by atoms with E-state index < -0.39 is 38.5 Å². The van der Waals surface area contributed by atoms with Gasteiger partial charge in [0.2, 0.25) is 0 Å². The molecule has 11 heteroatoms. The standard InChI is InChI=1S/C43H82NO9P/c1-8-12-14-16-17-18-19-20-21-22-23-24-25-27-28-30-37(5)44-40-42(49-35-32-38(48-7)31-29-26-15-13-9-2)41(39(36-47-6)52-43(40)45)53-54(46,50-33-10-3)51-34-11-4/h10-11,38-45H,3-5,8-9,12-36H2,1-2,6-7H3/t38-,39?,40?,41?,42?,43?/m1/s1. The van der Waals surface area contributed by atoms with Crippen LogP contribution in [0, 0.1) is 0 Å². The van der Waals surface area contributed by atoms with Crippen LogP contribution in [-0.4, -0.2) is 82.5 Å². The molecule has 2 N–H and O–H groups in total. The van der Waals surface area contributed by atoms with Crippen molar-refractivity contribution in [2.45, 2.75) is 198 Å². The number of rotatable bonds is 39. The number of ether oxygens (including phenoxy) is 4. The van der Waals surface area contributed by atoms with E-state index in [2.05, 4.69) is 38.9 Å². The topological polar surface area (TPSA) is 114 Å². The highest BCUT2D eigenvalue weighted by Gasteiger charge is 2.50. The molecule has 318 valence electrons. The minimum atomic E-state index is -4.14. The Bertz CT molecular complexity index is 953. The molecule has 54 heavy (non-hydrogen) atoms. The van der Waals surface area contributed by atoms with Crippen LogP contribution in [0.25, 0.3) is 0 Å². The molecule has 0 saturated carbocycles. The van der Waals surface area contributed by atoms with Gasteiger partial charge in [0.15, 0.2) is 6.29 Å². The molecule has 1 rings (SSSR count). The molecule has 0 aromatic rings. The summed E-state index contributed by atoms with van der Waals surface area (Å²) in [6, 6.07) is -0.769. The molecule has 1 fully saturated rings. The fraction of sp³-hybridized carbons (Fsp3) is 0.860. The molecule has 5 unspecified atom stereocenters. The number of aliphatic hydroxyl groups is 1. The number of phosphoric acid groups is 1. The van der Waals surface area contributed by atoms with Gasteiger partial charge in [-0.15, -0.1) is 13.2 Å². The number of hydrogen-bond donors (Lipinski definition) is 2. The predicted molar refractivity (Wildman–Crippen MR) is 222 cm³/mol. The summed E-state index contributed by atoms with van der Waals surface area (Å²) in [5.74, 6) is 0. The van der Waals surface area contributed by atoms with Crippen LogP contribution in [0.3, 0.4) is 0 Å². The fourth-order valence-electron chi connectivity index (χ4n) is 6.94. The van der Waals surface area contributed by atoms with Gasteiger partial charge in [-0.2, -0.15) is 0 Å². The van der Waals surface area contributed by atoms with Crippen molar-refractivity contribution >= 4 is 7.82 Å². The van der Waals surface area contributed by atoms with Crippen molar-refractivity contribution in [2.75, 3.05) is 40.6 Å². The Morgan fingerprint density at radius 3 is 1.74 bits per heavy atom. The third-order valence-electron chi connectivity index (χ3n) is 10.1. The third kappa shape index (κ3) is 23.9. The average molecular weight is 788 g/mol. The fourth-order valence-corrected chi connectivity index (χ4v) is 8.27. The Morgan fingerprint density at radius 2 is 1.26 bits per heavy atom. The zero-order chi connectivity index (χ0) is 39.7. The zero-order valence-electron chi connectivity index (χ0n) is 35.0. The lowest BCUT2D eigenvalue weighted by Gasteiger charge is -2.45. The molecule has 1 aliphatic rings. The van der Waals surface area contributed by atoms with Crippen molar-refractivity contribution in [2.24, 2.45) is 0 Å². The van der Waals surface area contributed by atoms with Crippen LogP contribution in [0.5, 0.6) is 0 Å². The number of hydrogen-bond acceptors (Lipinski definition) is 10. The van der Waals surface area contributed by atoms with E-state index in [-0.39, 0.29) is 25.9 Å². The first-order chi connectivity index (χ1) is 26.3. The Labute approximate surface area is 331 Å². The molecule has 0 aromatic carbocycles. The van der Waals surface area contributed by atoms with E-state index in [9.17, 15) is 9.67 Å². The molecule has 6 atom stereocenters. The summed E-state index contributed by atoms with van der Waals surface area (Å²) in [5, 5.41) is 14.7. The summed E-state index contributed by atoms with van der Waals surface area (Å²) < 4.78 is 54.9. The van der Waals surface area contributed by atoms with Crippen LogP contribution >= 0.6 is 7.82 Å². The molecule has 0 amide bonds. The van der Waals surface area contributed by atoms with Crippen LogP contribution in [0.4, 0.5) is 0 Å². The normalized spacial score (nSPS) is 20.9. The highest BCUT2D eigenvalue weighted by molar-refractivity contribution is 7.48. The average Bonchev–Trinajstić information content (AvgIpc) is 3.16. The highest BCUT2D eigenvalue weighted by atomic mass is 31.2. The predicted octanol–water partition coefficient (Wildman–Crippen LogP) is 11.1. The second-order valence-corrected chi connectivity index (χ2v) is 16.5. The summed E-state index contributed by atoms with van der Waals surface area (Å²) in [7, 11) is -0.888. The van der Waals surface area contributed by atoms with Gasteiger partial charge in [0.1, 0.15) is 24.4 Å². The van der Waals surface area contributed by atoms with E-state index in [4.69, 9.17) is 32.5 Å². The van der Waals surface area contributed by atoms with Crippen molar-refractivity contribution in [3.8, 4) is 0 Å². The van der Waals surface area contributed by atoms with E-state index in [1.807, 2.05) is 0 Å². The second-order valence-electron chi connectivity index (χ2n) is 14.9. The van der Waals surface area contributed by atoms with E-state index in [1.165, 1.54) is 128 Å². The highest BCUT2D eigenvalue weighted by Crippen LogP contribution is 2.52. The number of nitrogens with one attached hydrogen (secondary N) is 1. The number of allylic oxidation sites excluding steroid dienone is 1. The van der Waals surface area contributed by atoms with Gasteiger partial charge >= 0.3 is 7.82 Å². The van der Waals surface area contributed by atoms with E-state index in [0.29, 0.717) is 13.0 Å². The monoisotopic (exact) mass is 788 g/mol. The molecule has 0 aromatic heterocycles. The number of methoxy groups -OCH3 is 2. The van der Waals surface area contributed by atoms with Gasteiger partial charge in [-0.3, -0.25) is 13.6 Å². The maximum atomic E-state index is 13.9. The van der Waals surface area contributed by atoms with Gasteiger partial charge < -0.3 is 29.4 Å². The van der Waals surface area contributed by atoms with Gasteiger partial charge in [0.05, 0.1) is 25.9 Å². The zero-order valence-corrected chi connectivity index (χ0v) is 35.9. The molecule has 1 aliphatic heterocycles. The number of aliphatic hydroxyl groups excluding tert-OH is 1. The summed E-state index contributed by atoms with van der Waals surface area (Å²) in [4.78, 5) is 0. The van der Waals surface area contributed by atoms with E-state index in [1.54, 1.807) is 7.11 Å². The first kappa shape index (κ1) is 50.9. The first-order valence-electron chi connectivity index (χ1n) is 21.5. The van der Waals surface area contributed by atoms with Crippen molar-refractivity contribution in [3.63, 3.8) is 0 Å². The van der Waals surface area contributed by atoms with Crippen molar-refractivity contribution in [1.29, 1.82) is 0 Å². The summed E-state index contributed by atoms with van der Waals surface area (Å²) in [6.07, 6.45) is 26.9. The maximum absolute atomic E-state index is 13.9. The van der Waals surface area contributed by atoms with Crippen molar-refractivity contribution in [1.82, 2.24) is 5.32 Å². The van der Waals surface area contributed by atoms with Crippen molar-refractivity contribution in [3.05, 3.63) is 37.6 Å². The lowest BCUT2D eigenvalue weighted by Crippen LogP contribution is -2.64. The van der Waals surface area contributed by atoms with Crippen LogP contribution in [0.1, 0.15) is 162 Å². The Kier molecular flexibility index (Phi) is 32.1. The largest absolute Gasteiger partial charge is 0.475 e. The molecule has 1 saturated heterocycles. The Morgan fingerprint density at radius 1 is 0.759 bits per heavy atom. The quantitative estimate of drug-likeness (QED) is 0.0354. The van der Waals surface area contributed by atoms with Gasteiger partial charge in [-0.05, 0) is 25.7 Å². The second kappa shape index (κ2) is 34.0. The molecule has 0 aliphatic carbocycles. The van der Waals surface area contributed by atoms with Gasteiger partial charge in [0.25, 0.3) is 0 Å². The Hall–Kier alpha value is -1.07. The lowest BCUT2D eigenvalue weighted by atomic mass is 9.96. The third-order valence-corrected chi connectivity index (χ3v) is 11.5. The number of unbranched alkanes of at least 4 members (excludes halogenated alkanes) is 18. The molecule has 10 nitrogen and oxygen atoms in total. The van der Waals surface area contributed by atoms with Gasteiger partial charge in [-0.1, -0.05) is 155 Å². The van der Waals surface area contributed by atoms with Crippen LogP contribution in [0.2, 0.25) is 0 Å². The van der Waals surface area contributed by atoms with Crippen molar-refractivity contribution < 1.29 is 42.2 Å².